The number of para-hydroxylation sites is 1. The van der Waals surface area contributed by atoms with Gasteiger partial charge in [-0.15, -0.1) is 0 Å². The van der Waals surface area contributed by atoms with Gasteiger partial charge in [-0.2, -0.15) is 0 Å². The lowest BCUT2D eigenvalue weighted by Gasteiger charge is -2.24. The minimum atomic E-state index is -3.97. The fraction of sp³-hybridized carbons (Fsp3) is 0.136. The number of hydrogen-bond acceptors (Lipinski definition) is 4. The standard InChI is InChI=1S/C22H21BrN2O4S/c1-16-14-17(8-13-21(16)23)24-22(26)15-25(18-6-4-3-5-7-18)30(27,28)20-11-9-19(29-2)10-12-20/h3-14H,15H2,1-2H3,(H,24,26). The lowest BCUT2D eigenvalue weighted by Crippen LogP contribution is -2.38. The Morgan fingerprint density at radius 3 is 2.30 bits per heavy atom. The first kappa shape index (κ1) is 21.9. The maximum Gasteiger partial charge on any atom is 0.264 e. The average Bonchev–Trinajstić information content (AvgIpc) is 2.75. The van der Waals surface area contributed by atoms with Crippen LogP contribution >= 0.6 is 15.9 Å². The van der Waals surface area contributed by atoms with Crippen molar-refractivity contribution in [2.45, 2.75) is 11.8 Å². The number of nitrogens with one attached hydrogen (secondary N) is 1. The van der Waals surface area contributed by atoms with Crippen LogP contribution in [-0.4, -0.2) is 28.0 Å². The van der Waals surface area contributed by atoms with Gasteiger partial charge in [0.1, 0.15) is 12.3 Å². The summed E-state index contributed by atoms with van der Waals surface area (Å²) in [7, 11) is -2.46. The van der Waals surface area contributed by atoms with E-state index >= 15 is 0 Å². The van der Waals surface area contributed by atoms with Crippen molar-refractivity contribution in [1.82, 2.24) is 0 Å². The molecule has 8 heteroatoms. The van der Waals surface area contributed by atoms with Crippen molar-refractivity contribution >= 4 is 43.2 Å². The molecule has 0 aliphatic rings. The maximum atomic E-state index is 13.3. The molecule has 0 aliphatic carbocycles. The summed E-state index contributed by atoms with van der Waals surface area (Å²) in [4.78, 5) is 12.8. The van der Waals surface area contributed by atoms with E-state index in [4.69, 9.17) is 4.74 Å². The molecular formula is C22H21BrN2O4S. The highest BCUT2D eigenvalue weighted by atomic mass is 79.9. The Balaban J connectivity index is 1.90. The summed E-state index contributed by atoms with van der Waals surface area (Å²) in [5, 5.41) is 2.77. The van der Waals surface area contributed by atoms with E-state index in [1.165, 1.54) is 19.2 Å². The molecule has 0 fully saturated rings. The zero-order chi connectivity index (χ0) is 21.7. The number of sulfonamides is 1. The molecule has 0 aliphatic heterocycles. The smallest absolute Gasteiger partial charge is 0.264 e. The molecule has 3 aromatic rings. The summed E-state index contributed by atoms with van der Waals surface area (Å²) in [5.41, 5.74) is 1.95. The number of carbonyl (C=O) groups excluding carboxylic acids is 1. The molecular weight excluding hydrogens is 468 g/mol. The number of anilines is 2. The number of aryl methyl sites for hydroxylation is 1. The molecule has 3 aromatic carbocycles. The third kappa shape index (κ3) is 5.01. The zero-order valence-corrected chi connectivity index (χ0v) is 18.9. The van der Waals surface area contributed by atoms with Crippen molar-refractivity contribution in [3.8, 4) is 5.75 Å². The monoisotopic (exact) mass is 488 g/mol. The molecule has 1 N–H and O–H groups in total. The van der Waals surface area contributed by atoms with Gasteiger partial charge in [-0.3, -0.25) is 9.10 Å². The second kappa shape index (κ2) is 9.32. The number of methoxy groups -OCH3 is 1. The molecule has 0 saturated carbocycles. The van der Waals surface area contributed by atoms with Gasteiger partial charge >= 0.3 is 0 Å². The molecule has 0 atom stereocenters. The van der Waals surface area contributed by atoms with E-state index in [0.717, 1.165) is 14.3 Å². The Hall–Kier alpha value is -2.84. The largest absolute Gasteiger partial charge is 0.497 e. The number of nitrogens with zero attached hydrogens (tertiary/aromatic N) is 1. The second-order valence-corrected chi connectivity index (χ2v) is 9.25. The van der Waals surface area contributed by atoms with Gasteiger partial charge in [-0.05, 0) is 67.1 Å². The van der Waals surface area contributed by atoms with Gasteiger partial charge in [0.05, 0.1) is 17.7 Å². The summed E-state index contributed by atoms with van der Waals surface area (Å²) in [6, 6.07) is 20.0. The number of carbonyl (C=O) groups is 1. The number of ether oxygens (including phenoxy) is 1. The molecule has 6 nitrogen and oxygen atoms in total. The van der Waals surface area contributed by atoms with Gasteiger partial charge < -0.3 is 10.1 Å². The maximum absolute atomic E-state index is 13.3. The predicted octanol–water partition coefficient (Wildman–Crippen LogP) is 4.60. The number of amides is 1. The summed E-state index contributed by atoms with van der Waals surface area (Å²) >= 11 is 3.42. The SMILES string of the molecule is COc1ccc(S(=O)(=O)N(CC(=O)Nc2ccc(Br)c(C)c2)c2ccccc2)cc1. The van der Waals surface area contributed by atoms with Crippen LogP contribution in [0.25, 0.3) is 0 Å². The van der Waals surface area contributed by atoms with Gasteiger partial charge in [-0.1, -0.05) is 34.1 Å². The van der Waals surface area contributed by atoms with Gasteiger partial charge in [0.15, 0.2) is 0 Å². The Bertz CT molecular complexity index is 1130. The summed E-state index contributed by atoms with van der Waals surface area (Å²) in [6.45, 7) is 1.54. The minimum absolute atomic E-state index is 0.0689. The fourth-order valence-electron chi connectivity index (χ4n) is 2.84. The first-order chi connectivity index (χ1) is 14.3. The molecule has 1 amide bonds. The highest BCUT2D eigenvalue weighted by Crippen LogP contribution is 2.25. The third-order valence-electron chi connectivity index (χ3n) is 4.42. The molecule has 0 spiro atoms. The Kier molecular flexibility index (Phi) is 6.79. The highest BCUT2D eigenvalue weighted by Gasteiger charge is 2.27. The van der Waals surface area contributed by atoms with Crippen molar-refractivity contribution in [2.24, 2.45) is 0 Å². The van der Waals surface area contributed by atoms with Crippen molar-refractivity contribution in [1.29, 1.82) is 0 Å². The van der Waals surface area contributed by atoms with Crippen LogP contribution < -0.4 is 14.4 Å². The van der Waals surface area contributed by atoms with Gasteiger partial charge in [0.2, 0.25) is 5.91 Å². The number of halogens is 1. The average molecular weight is 489 g/mol. The number of rotatable bonds is 7. The second-order valence-electron chi connectivity index (χ2n) is 6.53. The lowest BCUT2D eigenvalue weighted by atomic mass is 10.2. The van der Waals surface area contributed by atoms with Crippen LogP contribution in [-0.2, 0) is 14.8 Å². The molecule has 0 unspecified atom stereocenters. The highest BCUT2D eigenvalue weighted by molar-refractivity contribution is 9.10. The summed E-state index contributed by atoms with van der Waals surface area (Å²) in [6.07, 6.45) is 0. The van der Waals surface area contributed by atoms with Crippen molar-refractivity contribution in [2.75, 3.05) is 23.3 Å². The first-order valence-corrected chi connectivity index (χ1v) is 11.3. The summed E-state index contributed by atoms with van der Waals surface area (Å²) in [5.74, 6) is 0.0984. The van der Waals surface area contributed by atoms with E-state index in [9.17, 15) is 13.2 Å². The number of benzene rings is 3. The van der Waals surface area contributed by atoms with Crippen LogP contribution in [0.15, 0.2) is 82.2 Å². The fourth-order valence-corrected chi connectivity index (χ4v) is 4.51. The molecule has 156 valence electrons. The van der Waals surface area contributed by atoms with Gasteiger partial charge in [0.25, 0.3) is 10.0 Å². The van der Waals surface area contributed by atoms with E-state index in [1.807, 2.05) is 19.1 Å². The lowest BCUT2D eigenvalue weighted by molar-refractivity contribution is -0.114. The van der Waals surface area contributed by atoms with Gasteiger partial charge in [-0.25, -0.2) is 8.42 Å². The van der Waals surface area contributed by atoms with Gasteiger partial charge in [0, 0.05) is 10.2 Å². The van der Waals surface area contributed by atoms with Crippen LogP contribution in [0.1, 0.15) is 5.56 Å². The quantitative estimate of drug-likeness (QED) is 0.527. The van der Waals surface area contributed by atoms with Crippen LogP contribution in [0.4, 0.5) is 11.4 Å². The Morgan fingerprint density at radius 2 is 1.70 bits per heavy atom. The first-order valence-electron chi connectivity index (χ1n) is 9.09. The van der Waals surface area contributed by atoms with Crippen molar-refractivity contribution < 1.29 is 17.9 Å². The molecule has 3 rings (SSSR count). The van der Waals surface area contributed by atoms with E-state index in [2.05, 4.69) is 21.2 Å². The van der Waals surface area contributed by atoms with E-state index in [0.29, 0.717) is 17.1 Å². The van der Waals surface area contributed by atoms with Crippen LogP contribution in [0.5, 0.6) is 5.75 Å². The zero-order valence-electron chi connectivity index (χ0n) is 16.5. The van der Waals surface area contributed by atoms with Crippen molar-refractivity contribution in [3.05, 3.63) is 82.8 Å². The number of hydrogen-bond donors (Lipinski definition) is 1. The Labute approximate surface area is 184 Å². The minimum Gasteiger partial charge on any atom is -0.497 e. The molecule has 0 aromatic heterocycles. The van der Waals surface area contributed by atoms with Crippen LogP contribution in [0, 0.1) is 6.92 Å². The van der Waals surface area contributed by atoms with E-state index in [-0.39, 0.29) is 11.4 Å². The normalized spacial score (nSPS) is 11.0. The molecule has 0 bridgehead atoms. The molecule has 0 heterocycles. The topological polar surface area (TPSA) is 75.7 Å². The molecule has 0 radical (unpaired) electrons. The predicted molar refractivity (Wildman–Crippen MR) is 121 cm³/mol. The van der Waals surface area contributed by atoms with E-state index in [1.54, 1.807) is 48.5 Å². The Morgan fingerprint density at radius 1 is 1.03 bits per heavy atom. The molecule has 30 heavy (non-hydrogen) atoms. The summed E-state index contributed by atoms with van der Waals surface area (Å²) < 4.78 is 33.8. The van der Waals surface area contributed by atoms with E-state index < -0.39 is 15.9 Å². The van der Waals surface area contributed by atoms with Crippen LogP contribution in [0.2, 0.25) is 0 Å². The van der Waals surface area contributed by atoms with Crippen molar-refractivity contribution in [3.63, 3.8) is 0 Å². The third-order valence-corrected chi connectivity index (χ3v) is 7.10. The molecule has 0 saturated heterocycles. The van der Waals surface area contributed by atoms with Crippen LogP contribution in [0.3, 0.4) is 0 Å².